The number of nitro groups is 1. The van der Waals surface area contributed by atoms with Crippen molar-refractivity contribution in [1.82, 2.24) is 30.8 Å². The Morgan fingerprint density at radius 2 is 2.19 bits per heavy atom. The molecule has 0 spiro atoms. The molecule has 27 heavy (non-hydrogen) atoms. The molecule has 2 aromatic heterocycles. The lowest BCUT2D eigenvalue weighted by molar-refractivity contribution is -0.520. The molecule has 1 aliphatic rings. The van der Waals surface area contributed by atoms with Crippen LogP contribution < -0.4 is 16.2 Å². The van der Waals surface area contributed by atoms with E-state index in [2.05, 4.69) is 26.3 Å². The molecule has 0 bridgehead atoms. The third-order valence-corrected chi connectivity index (χ3v) is 4.45. The molecule has 3 heterocycles. The molecule has 10 nitrogen and oxygen atoms in total. The molecule has 1 aliphatic heterocycles. The Labute approximate surface area is 153 Å². The fourth-order valence-corrected chi connectivity index (χ4v) is 3.02. The predicted molar refractivity (Wildman–Crippen MR) is 95.3 cm³/mol. The summed E-state index contributed by atoms with van der Waals surface area (Å²) in [5, 5.41) is 18.2. The van der Waals surface area contributed by atoms with Gasteiger partial charge in [0.05, 0.1) is 6.54 Å². The molecule has 0 aliphatic carbocycles. The van der Waals surface area contributed by atoms with Crippen LogP contribution in [-0.4, -0.2) is 38.0 Å². The van der Waals surface area contributed by atoms with Crippen LogP contribution in [0.15, 0.2) is 48.8 Å². The van der Waals surface area contributed by atoms with E-state index in [-0.39, 0.29) is 23.1 Å². The Morgan fingerprint density at radius 1 is 1.37 bits per heavy atom. The first-order valence-corrected chi connectivity index (χ1v) is 8.41. The van der Waals surface area contributed by atoms with Gasteiger partial charge in [-0.05, 0) is 5.56 Å². The van der Waals surface area contributed by atoms with Crippen molar-refractivity contribution in [3.63, 3.8) is 0 Å². The Balaban J connectivity index is 1.52. The normalized spacial score (nSPS) is 19.3. The summed E-state index contributed by atoms with van der Waals surface area (Å²) in [6.45, 7) is 0.621. The maximum absolute atomic E-state index is 12.3. The largest absolute Gasteiger partial charge is 0.347 e. The fraction of sp³-hybridized carbons (Fsp3) is 0.235. The second-order valence-corrected chi connectivity index (χ2v) is 6.24. The minimum Gasteiger partial charge on any atom is -0.347 e. The lowest BCUT2D eigenvalue weighted by Crippen LogP contribution is -2.29. The summed E-state index contributed by atoms with van der Waals surface area (Å²) < 4.78 is 1.46. The molecule has 10 heteroatoms. The summed E-state index contributed by atoms with van der Waals surface area (Å²) >= 11 is 0. The number of amides is 1. The van der Waals surface area contributed by atoms with Crippen molar-refractivity contribution in [2.45, 2.75) is 18.6 Å². The number of aromatic nitrogens is 3. The topological polar surface area (TPSA) is 126 Å². The quantitative estimate of drug-likeness (QED) is 0.441. The van der Waals surface area contributed by atoms with E-state index >= 15 is 0 Å². The highest BCUT2D eigenvalue weighted by molar-refractivity contribution is 5.93. The van der Waals surface area contributed by atoms with Crippen molar-refractivity contribution < 1.29 is 9.72 Å². The molecule has 138 valence electrons. The van der Waals surface area contributed by atoms with Crippen LogP contribution >= 0.6 is 0 Å². The number of hydrogen-bond donors (Lipinski definition) is 3. The van der Waals surface area contributed by atoms with Crippen LogP contribution in [0.25, 0.3) is 5.65 Å². The lowest BCUT2D eigenvalue weighted by atomic mass is 10.1. The Morgan fingerprint density at radius 3 is 2.96 bits per heavy atom. The van der Waals surface area contributed by atoms with Gasteiger partial charge in [0.15, 0.2) is 11.3 Å². The van der Waals surface area contributed by atoms with Crippen molar-refractivity contribution in [2.75, 3.05) is 6.54 Å². The summed E-state index contributed by atoms with van der Waals surface area (Å²) in [6.07, 6.45) is 3.21. The smallest absolute Gasteiger partial charge is 0.272 e. The molecule has 2 atom stereocenters. The molecule has 1 amide bonds. The maximum Gasteiger partial charge on any atom is 0.272 e. The number of rotatable bonds is 5. The minimum absolute atomic E-state index is 0.224. The van der Waals surface area contributed by atoms with E-state index < -0.39 is 12.1 Å². The average Bonchev–Trinajstić information content (AvgIpc) is 3.33. The number of carbonyl (C=O) groups excluding carboxylic acids is 1. The van der Waals surface area contributed by atoms with E-state index in [0.29, 0.717) is 17.8 Å². The van der Waals surface area contributed by atoms with E-state index in [1.54, 1.807) is 18.5 Å². The summed E-state index contributed by atoms with van der Waals surface area (Å²) in [5.41, 5.74) is 8.01. The van der Waals surface area contributed by atoms with Crippen LogP contribution in [0.3, 0.4) is 0 Å². The predicted octanol–water partition coefficient (Wildman–Crippen LogP) is 0.453. The highest BCUT2D eigenvalue weighted by atomic mass is 16.6. The third-order valence-electron chi connectivity index (χ3n) is 4.45. The number of carbonyl (C=O) groups is 1. The molecule has 1 fully saturated rings. The highest BCUT2D eigenvalue weighted by Crippen LogP contribution is 2.21. The zero-order valence-corrected chi connectivity index (χ0v) is 14.2. The average molecular weight is 367 g/mol. The van der Waals surface area contributed by atoms with Crippen LogP contribution in [-0.2, 0) is 6.54 Å². The Kier molecular flexibility index (Phi) is 4.48. The molecule has 0 saturated carbocycles. The highest BCUT2D eigenvalue weighted by Gasteiger charge is 2.37. The monoisotopic (exact) mass is 367 g/mol. The van der Waals surface area contributed by atoms with Crippen LogP contribution in [0.1, 0.15) is 27.7 Å². The van der Waals surface area contributed by atoms with Crippen LogP contribution in [0.4, 0.5) is 0 Å². The third kappa shape index (κ3) is 3.48. The minimum atomic E-state index is -0.798. The first kappa shape index (κ1) is 17.1. The van der Waals surface area contributed by atoms with E-state index in [1.807, 2.05) is 30.3 Å². The van der Waals surface area contributed by atoms with Gasteiger partial charge in [0, 0.05) is 35.5 Å². The van der Waals surface area contributed by atoms with Crippen molar-refractivity contribution >= 4 is 11.6 Å². The summed E-state index contributed by atoms with van der Waals surface area (Å²) in [5.74, 6) is -0.310. The molecule has 1 aromatic carbocycles. The molecule has 3 N–H and O–H groups in total. The number of hydrazine groups is 1. The van der Waals surface area contributed by atoms with Gasteiger partial charge in [-0.2, -0.15) is 5.10 Å². The zero-order chi connectivity index (χ0) is 18.8. The first-order chi connectivity index (χ1) is 13.1. The number of nitrogens with one attached hydrogen (secondary N) is 3. The van der Waals surface area contributed by atoms with Gasteiger partial charge in [-0.3, -0.25) is 20.3 Å². The second kappa shape index (κ2) is 7.09. The first-order valence-electron chi connectivity index (χ1n) is 8.41. The summed E-state index contributed by atoms with van der Waals surface area (Å²) in [4.78, 5) is 27.4. The van der Waals surface area contributed by atoms with Gasteiger partial charge < -0.3 is 5.32 Å². The summed E-state index contributed by atoms with van der Waals surface area (Å²) in [6, 6.07) is 9.83. The van der Waals surface area contributed by atoms with E-state index in [0.717, 1.165) is 5.56 Å². The van der Waals surface area contributed by atoms with Crippen LogP contribution in [0, 0.1) is 10.1 Å². The number of benzene rings is 1. The van der Waals surface area contributed by atoms with E-state index in [4.69, 9.17) is 0 Å². The van der Waals surface area contributed by atoms with Gasteiger partial charge in [-0.25, -0.2) is 14.9 Å². The van der Waals surface area contributed by atoms with Crippen LogP contribution in [0.5, 0.6) is 0 Å². The van der Waals surface area contributed by atoms with Gasteiger partial charge in [0.25, 0.3) is 5.91 Å². The summed E-state index contributed by atoms with van der Waals surface area (Å²) in [7, 11) is 0. The Bertz CT molecular complexity index is 989. The van der Waals surface area contributed by atoms with Crippen LogP contribution in [0.2, 0.25) is 0 Å². The van der Waals surface area contributed by atoms with Gasteiger partial charge in [-0.15, -0.1) is 0 Å². The molecular formula is C17H17N7O3. The SMILES string of the molecule is O=C(NCc1ccccc1)c1cc2ncc(C3NNCC3[N+](=O)[O-])cn2n1. The van der Waals surface area contributed by atoms with Crippen molar-refractivity contribution in [2.24, 2.45) is 0 Å². The van der Waals surface area contributed by atoms with E-state index in [1.165, 1.54) is 4.52 Å². The second-order valence-electron chi connectivity index (χ2n) is 6.24. The number of fused-ring (bicyclic) bond motifs is 1. The van der Waals surface area contributed by atoms with Gasteiger partial charge in [-0.1, -0.05) is 30.3 Å². The number of nitrogens with zero attached hydrogens (tertiary/aromatic N) is 4. The standard InChI is InChI=1S/C17H17N7O3/c25-17(19-7-11-4-2-1-3-5-11)13-6-15-18-8-12(10-23(15)22-13)16-14(24(26)27)9-20-21-16/h1-6,8,10,14,16,20-21H,7,9H2,(H,19,25). The number of hydrogen-bond acceptors (Lipinski definition) is 7. The Hall–Kier alpha value is -3.37. The van der Waals surface area contributed by atoms with Gasteiger partial charge >= 0.3 is 0 Å². The van der Waals surface area contributed by atoms with Crippen molar-refractivity contribution in [3.05, 3.63) is 75.7 Å². The molecule has 3 aromatic rings. The van der Waals surface area contributed by atoms with E-state index in [9.17, 15) is 14.9 Å². The fourth-order valence-electron chi connectivity index (χ4n) is 3.02. The van der Waals surface area contributed by atoms with Gasteiger partial charge in [0.1, 0.15) is 6.04 Å². The molecule has 2 unspecified atom stereocenters. The van der Waals surface area contributed by atoms with Crippen molar-refractivity contribution in [3.8, 4) is 0 Å². The molecule has 1 saturated heterocycles. The maximum atomic E-state index is 12.3. The zero-order valence-electron chi connectivity index (χ0n) is 14.2. The lowest BCUT2D eigenvalue weighted by Gasteiger charge is -2.12. The molecular weight excluding hydrogens is 350 g/mol. The molecule has 4 rings (SSSR count). The van der Waals surface area contributed by atoms with Crippen molar-refractivity contribution in [1.29, 1.82) is 0 Å². The van der Waals surface area contributed by atoms with Gasteiger partial charge in [0.2, 0.25) is 6.04 Å². The molecule has 0 radical (unpaired) electrons.